The summed E-state index contributed by atoms with van der Waals surface area (Å²) in [6.07, 6.45) is 4.08. The van der Waals surface area contributed by atoms with Crippen LogP contribution in [0.2, 0.25) is 0 Å². The summed E-state index contributed by atoms with van der Waals surface area (Å²) in [4.78, 5) is 16.2. The number of aryl methyl sites for hydroxylation is 3. The van der Waals surface area contributed by atoms with E-state index in [0.29, 0.717) is 12.3 Å². The van der Waals surface area contributed by atoms with Gasteiger partial charge in [0.2, 0.25) is 11.8 Å². The molecule has 0 aliphatic rings. The molecule has 1 N–H and O–H groups in total. The van der Waals surface area contributed by atoms with E-state index in [1.807, 2.05) is 26.0 Å². The van der Waals surface area contributed by atoms with Crippen LogP contribution in [-0.4, -0.2) is 17.4 Å². The van der Waals surface area contributed by atoms with Crippen LogP contribution in [0.25, 0.3) is 11.5 Å². The number of oxazole rings is 1. The molecule has 0 saturated carbocycles. The van der Waals surface area contributed by atoms with Gasteiger partial charge in [-0.1, -0.05) is 26.0 Å². The molecule has 0 aliphatic heterocycles. The summed E-state index contributed by atoms with van der Waals surface area (Å²) in [5.41, 5.74) is 3.25. The molecule has 1 amide bonds. The summed E-state index contributed by atoms with van der Waals surface area (Å²) in [5, 5.41) is 2.89. The van der Waals surface area contributed by atoms with Crippen LogP contribution in [0.4, 0.5) is 0 Å². The molecule has 0 radical (unpaired) electrons. The molecule has 0 unspecified atom stereocenters. The summed E-state index contributed by atoms with van der Waals surface area (Å²) in [6.45, 7) is 6.87. The average molecular weight is 314 g/mol. The Kier molecular flexibility index (Phi) is 6.39. The second-order valence-electron chi connectivity index (χ2n) is 5.78. The molecule has 0 fully saturated rings. The van der Waals surface area contributed by atoms with Crippen molar-refractivity contribution in [1.82, 2.24) is 10.3 Å². The van der Waals surface area contributed by atoms with Crippen molar-refractivity contribution in [3.05, 3.63) is 41.3 Å². The Morgan fingerprint density at radius 3 is 2.61 bits per heavy atom. The van der Waals surface area contributed by atoms with Crippen LogP contribution >= 0.6 is 0 Å². The minimum absolute atomic E-state index is 0.114. The smallest absolute Gasteiger partial charge is 0.226 e. The number of aromatic nitrogens is 1. The van der Waals surface area contributed by atoms with Gasteiger partial charge in [0.15, 0.2) is 0 Å². The van der Waals surface area contributed by atoms with E-state index < -0.39 is 0 Å². The quantitative estimate of drug-likeness (QED) is 0.799. The van der Waals surface area contributed by atoms with Crippen molar-refractivity contribution >= 4 is 5.91 Å². The van der Waals surface area contributed by atoms with Gasteiger partial charge < -0.3 is 9.73 Å². The Hall–Kier alpha value is -2.10. The molecule has 4 nitrogen and oxygen atoms in total. The lowest BCUT2D eigenvalue weighted by atomic mass is 10.1. The highest BCUT2D eigenvalue weighted by Gasteiger charge is 2.12. The van der Waals surface area contributed by atoms with Gasteiger partial charge in [0.1, 0.15) is 5.76 Å². The molecule has 0 bridgehead atoms. The second kappa shape index (κ2) is 8.51. The van der Waals surface area contributed by atoms with Gasteiger partial charge in [0, 0.05) is 18.5 Å². The van der Waals surface area contributed by atoms with E-state index in [4.69, 9.17) is 4.42 Å². The van der Waals surface area contributed by atoms with Crippen LogP contribution < -0.4 is 5.32 Å². The Morgan fingerprint density at radius 1 is 1.22 bits per heavy atom. The molecule has 2 rings (SSSR count). The first-order valence-electron chi connectivity index (χ1n) is 8.46. The molecule has 0 saturated heterocycles. The molecule has 0 aliphatic carbocycles. The first-order chi connectivity index (χ1) is 11.1. The monoisotopic (exact) mass is 314 g/mol. The lowest BCUT2D eigenvalue weighted by Gasteiger charge is -2.02. The van der Waals surface area contributed by atoms with Crippen molar-refractivity contribution < 1.29 is 9.21 Å². The summed E-state index contributed by atoms with van der Waals surface area (Å²) in [6, 6.07) is 8.30. The highest BCUT2D eigenvalue weighted by molar-refractivity contribution is 5.75. The minimum Gasteiger partial charge on any atom is -0.441 e. The summed E-state index contributed by atoms with van der Waals surface area (Å²) >= 11 is 0. The van der Waals surface area contributed by atoms with E-state index in [9.17, 15) is 4.79 Å². The molecule has 23 heavy (non-hydrogen) atoms. The number of carbonyl (C=O) groups is 1. The van der Waals surface area contributed by atoms with Gasteiger partial charge in [0.25, 0.3) is 0 Å². The Labute approximate surface area is 138 Å². The van der Waals surface area contributed by atoms with Crippen LogP contribution in [0, 0.1) is 6.92 Å². The number of nitrogens with zero attached hydrogens (tertiary/aromatic N) is 1. The van der Waals surface area contributed by atoms with Gasteiger partial charge in [-0.3, -0.25) is 4.79 Å². The number of hydrogen-bond acceptors (Lipinski definition) is 3. The van der Waals surface area contributed by atoms with Crippen molar-refractivity contribution in [3.63, 3.8) is 0 Å². The van der Waals surface area contributed by atoms with Crippen molar-refractivity contribution in [3.8, 4) is 11.5 Å². The molecular formula is C19H26N2O2. The molecule has 1 aromatic carbocycles. The topological polar surface area (TPSA) is 55.1 Å². The summed E-state index contributed by atoms with van der Waals surface area (Å²) in [5.74, 6) is 1.62. The van der Waals surface area contributed by atoms with Gasteiger partial charge in [0.05, 0.1) is 5.69 Å². The third-order valence-corrected chi connectivity index (χ3v) is 3.89. The fourth-order valence-electron chi connectivity index (χ4n) is 2.44. The van der Waals surface area contributed by atoms with Crippen LogP contribution in [0.5, 0.6) is 0 Å². The molecule has 4 heteroatoms. The predicted molar refractivity (Wildman–Crippen MR) is 92.3 cm³/mol. The van der Waals surface area contributed by atoms with Gasteiger partial charge >= 0.3 is 0 Å². The minimum atomic E-state index is 0.114. The molecule has 1 aromatic heterocycles. The highest BCUT2D eigenvalue weighted by Crippen LogP contribution is 2.23. The van der Waals surface area contributed by atoms with E-state index in [2.05, 4.69) is 29.4 Å². The Morgan fingerprint density at radius 2 is 1.96 bits per heavy atom. The van der Waals surface area contributed by atoms with Gasteiger partial charge in [-0.05, 0) is 50.3 Å². The normalized spacial score (nSPS) is 10.7. The van der Waals surface area contributed by atoms with E-state index >= 15 is 0 Å². The first-order valence-corrected chi connectivity index (χ1v) is 8.46. The van der Waals surface area contributed by atoms with Crippen molar-refractivity contribution in [1.29, 1.82) is 0 Å². The maximum absolute atomic E-state index is 11.6. The standard InChI is InChI=1S/C19H26N2O2/c1-4-13-20-18(22)8-6-7-17-14(3)23-19(21-17)16-11-9-15(5-2)10-12-16/h9-12H,4-8,13H2,1-3H3,(H,20,22). The fraction of sp³-hybridized carbons (Fsp3) is 0.474. The van der Waals surface area contributed by atoms with Crippen molar-refractivity contribution in [2.45, 2.75) is 52.9 Å². The SMILES string of the molecule is CCCNC(=O)CCCc1nc(-c2ccc(CC)cc2)oc1C. The Bertz CT molecular complexity index is 629. The fourth-order valence-corrected chi connectivity index (χ4v) is 2.44. The lowest BCUT2D eigenvalue weighted by Crippen LogP contribution is -2.23. The number of amides is 1. The number of nitrogens with one attached hydrogen (secondary N) is 1. The zero-order valence-electron chi connectivity index (χ0n) is 14.3. The second-order valence-corrected chi connectivity index (χ2v) is 5.78. The van der Waals surface area contributed by atoms with Crippen LogP contribution in [0.3, 0.4) is 0 Å². The maximum atomic E-state index is 11.6. The third-order valence-electron chi connectivity index (χ3n) is 3.89. The van der Waals surface area contributed by atoms with Crippen LogP contribution in [0.15, 0.2) is 28.7 Å². The molecule has 2 aromatic rings. The molecule has 0 spiro atoms. The number of carbonyl (C=O) groups excluding carboxylic acids is 1. The van der Waals surface area contributed by atoms with Gasteiger partial charge in [-0.2, -0.15) is 0 Å². The van der Waals surface area contributed by atoms with E-state index in [-0.39, 0.29) is 5.91 Å². The van der Waals surface area contributed by atoms with Crippen molar-refractivity contribution in [2.24, 2.45) is 0 Å². The predicted octanol–water partition coefficient (Wildman–Crippen LogP) is 4.06. The molecular weight excluding hydrogens is 288 g/mol. The lowest BCUT2D eigenvalue weighted by molar-refractivity contribution is -0.121. The highest BCUT2D eigenvalue weighted by atomic mass is 16.4. The number of benzene rings is 1. The number of rotatable bonds is 8. The molecule has 0 atom stereocenters. The zero-order valence-corrected chi connectivity index (χ0v) is 14.3. The third kappa shape index (κ3) is 4.95. The van der Waals surface area contributed by atoms with Crippen LogP contribution in [0.1, 0.15) is 50.1 Å². The van der Waals surface area contributed by atoms with Gasteiger partial charge in [-0.25, -0.2) is 4.98 Å². The van der Waals surface area contributed by atoms with E-state index in [0.717, 1.165) is 49.2 Å². The summed E-state index contributed by atoms with van der Waals surface area (Å²) in [7, 11) is 0. The number of hydrogen-bond donors (Lipinski definition) is 1. The first kappa shape index (κ1) is 17.3. The molecule has 1 heterocycles. The average Bonchev–Trinajstić information content (AvgIpc) is 2.94. The largest absolute Gasteiger partial charge is 0.441 e. The van der Waals surface area contributed by atoms with E-state index in [1.54, 1.807) is 0 Å². The summed E-state index contributed by atoms with van der Waals surface area (Å²) < 4.78 is 5.78. The Balaban J connectivity index is 1.93. The van der Waals surface area contributed by atoms with Gasteiger partial charge in [-0.15, -0.1) is 0 Å². The zero-order chi connectivity index (χ0) is 16.7. The van der Waals surface area contributed by atoms with Crippen molar-refractivity contribution in [2.75, 3.05) is 6.54 Å². The molecule has 124 valence electrons. The maximum Gasteiger partial charge on any atom is 0.226 e. The van der Waals surface area contributed by atoms with Crippen LogP contribution in [-0.2, 0) is 17.6 Å². The van der Waals surface area contributed by atoms with E-state index in [1.165, 1.54) is 5.56 Å².